The molecule has 0 bridgehead atoms. The summed E-state index contributed by atoms with van der Waals surface area (Å²) in [7, 11) is 0. The molecule has 2 amide bonds. The van der Waals surface area contributed by atoms with Gasteiger partial charge in [0.25, 0.3) is 5.91 Å². The van der Waals surface area contributed by atoms with E-state index in [0.29, 0.717) is 36.2 Å². The molecule has 110 valence electrons. The Bertz CT molecular complexity index is 761. The van der Waals surface area contributed by atoms with Gasteiger partial charge in [-0.25, -0.2) is 4.79 Å². The van der Waals surface area contributed by atoms with Gasteiger partial charge in [-0.05, 0) is 31.5 Å². The average Bonchev–Trinajstić information content (AvgIpc) is 3.04. The summed E-state index contributed by atoms with van der Waals surface area (Å²) < 4.78 is 4.91. The average molecular weight is 289 g/mol. The Morgan fingerprint density at radius 1 is 1.43 bits per heavy atom. The number of aromatic nitrogens is 1. The maximum Gasteiger partial charge on any atom is 0.417 e. The van der Waals surface area contributed by atoms with E-state index >= 15 is 0 Å². The molecule has 1 saturated heterocycles. The van der Waals surface area contributed by atoms with Crippen LogP contribution in [0.5, 0.6) is 0 Å². The summed E-state index contributed by atoms with van der Waals surface area (Å²) in [5, 5.41) is 2.73. The van der Waals surface area contributed by atoms with Crippen molar-refractivity contribution in [1.29, 1.82) is 0 Å². The van der Waals surface area contributed by atoms with Gasteiger partial charge in [-0.1, -0.05) is 0 Å². The van der Waals surface area contributed by atoms with Crippen LogP contribution in [0.1, 0.15) is 23.7 Å². The third-order valence-corrected chi connectivity index (χ3v) is 3.66. The minimum atomic E-state index is -0.558. The molecule has 7 heteroatoms. The second-order valence-corrected chi connectivity index (χ2v) is 4.91. The van der Waals surface area contributed by atoms with Crippen LogP contribution in [0.2, 0.25) is 0 Å². The number of carbonyl (C=O) groups excluding carboxylic acids is 2. The van der Waals surface area contributed by atoms with E-state index in [1.54, 1.807) is 23.1 Å². The Labute approximate surface area is 119 Å². The van der Waals surface area contributed by atoms with Gasteiger partial charge in [0.2, 0.25) is 5.91 Å². The fourth-order valence-electron chi connectivity index (χ4n) is 2.63. The zero-order valence-corrected chi connectivity index (χ0v) is 11.5. The molecular formula is C14H15N3O4. The molecule has 3 rings (SSSR count). The lowest BCUT2D eigenvalue weighted by atomic mass is 10.1. The zero-order valence-electron chi connectivity index (χ0n) is 11.5. The van der Waals surface area contributed by atoms with Gasteiger partial charge in [0.15, 0.2) is 5.58 Å². The number of benzene rings is 1. The van der Waals surface area contributed by atoms with Crippen molar-refractivity contribution >= 4 is 22.9 Å². The summed E-state index contributed by atoms with van der Waals surface area (Å²) in [6.45, 7) is 2.86. The van der Waals surface area contributed by atoms with E-state index in [4.69, 9.17) is 4.42 Å². The number of carbonyl (C=O) groups is 2. The molecule has 7 nitrogen and oxygen atoms in total. The highest BCUT2D eigenvalue weighted by atomic mass is 16.4. The molecule has 0 spiro atoms. The van der Waals surface area contributed by atoms with Gasteiger partial charge in [-0.3, -0.25) is 14.6 Å². The fourth-order valence-corrected chi connectivity index (χ4v) is 2.63. The lowest BCUT2D eigenvalue weighted by Crippen LogP contribution is -2.44. The Morgan fingerprint density at radius 2 is 2.24 bits per heavy atom. The second-order valence-electron chi connectivity index (χ2n) is 4.91. The molecule has 1 aromatic heterocycles. The first-order valence-corrected chi connectivity index (χ1v) is 6.81. The van der Waals surface area contributed by atoms with Crippen LogP contribution in [-0.4, -0.2) is 40.8 Å². The largest absolute Gasteiger partial charge is 0.417 e. The molecule has 2 N–H and O–H groups in total. The number of nitrogens with one attached hydrogen (secondary N) is 2. The van der Waals surface area contributed by atoms with Crippen LogP contribution < -0.4 is 11.1 Å². The number of oxazole rings is 1. The van der Waals surface area contributed by atoms with Crippen molar-refractivity contribution in [2.24, 2.45) is 0 Å². The summed E-state index contributed by atoms with van der Waals surface area (Å²) in [5.74, 6) is -0.913. The molecule has 0 radical (unpaired) electrons. The Balaban J connectivity index is 1.94. The van der Waals surface area contributed by atoms with Crippen LogP contribution in [0.25, 0.3) is 11.1 Å². The van der Waals surface area contributed by atoms with Crippen molar-refractivity contribution in [2.45, 2.75) is 19.4 Å². The van der Waals surface area contributed by atoms with Gasteiger partial charge in [0, 0.05) is 18.7 Å². The van der Waals surface area contributed by atoms with Crippen molar-refractivity contribution in [3.63, 3.8) is 0 Å². The molecule has 1 aliphatic rings. The van der Waals surface area contributed by atoms with E-state index in [0.717, 1.165) is 0 Å². The van der Waals surface area contributed by atoms with E-state index in [1.165, 1.54) is 0 Å². The van der Waals surface area contributed by atoms with Crippen LogP contribution in [-0.2, 0) is 4.79 Å². The number of likely N-dealkylation sites (N-methyl/N-ethyl adjacent to an activating group) is 1. The molecule has 1 unspecified atom stereocenters. The number of hydrogen-bond acceptors (Lipinski definition) is 4. The highest BCUT2D eigenvalue weighted by Gasteiger charge is 2.32. The lowest BCUT2D eigenvalue weighted by molar-refractivity contribution is -0.123. The number of amides is 2. The van der Waals surface area contributed by atoms with E-state index < -0.39 is 11.8 Å². The minimum Gasteiger partial charge on any atom is -0.408 e. The molecule has 21 heavy (non-hydrogen) atoms. The SMILES string of the molecule is CCN(C(=O)c1ccc2oc(=O)[nH]c2c1)C1CCNC1=O. The van der Waals surface area contributed by atoms with Gasteiger partial charge in [0.05, 0.1) is 5.52 Å². The van der Waals surface area contributed by atoms with E-state index in [2.05, 4.69) is 10.3 Å². The lowest BCUT2D eigenvalue weighted by Gasteiger charge is -2.25. The Morgan fingerprint density at radius 3 is 2.90 bits per heavy atom. The normalized spacial score (nSPS) is 18.0. The number of H-pyrrole nitrogens is 1. The summed E-state index contributed by atoms with van der Waals surface area (Å²) in [6, 6.07) is 4.31. The van der Waals surface area contributed by atoms with Crippen molar-refractivity contribution in [2.75, 3.05) is 13.1 Å². The Hall–Kier alpha value is -2.57. The van der Waals surface area contributed by atoms with Crippen molar-refractivity contribution in [1.82, 2.24) is 15.2 Å². The second kappa shape index (κ2) is 5.08. The maximum atomic E-state index is 12.6. The topological polar surface area (TPSA) is 95.4 Å². The van der Waals surface area contributed by atoms with Gasteiger partial charge in [-0.2, -0.15) is 0 Å². The van der Waals surface area contributed by atoms with Crippen LogP contribution in [0, 0.1) is 0 Å². The van der Waals surface area contributed by atoms with Gasteiger partial charge in [-0.15, -0.1) is 0 Å². The number of rotatable bonds is 3. The monoisotopic (exact) mass is 289 g/mol. The standard InChI is InChI=1S/C14H15N3O4/c1-2-17(10-5-6-15-12(10)18)13(19)8-3-4-11-9(7-8)16-14(20)21-11/h3-4,7,10H,2,5-6H2,1H3,(H,15,18)(H,16,20). The summed E-state index contributed by atoms with van der Waals surface area (Å²) in [4.78, 5) is 39.5. The van der Waals surface area contributed by atoms with Gasteiger partial charge in [0.1, 0.15) is 6.04 Å². The third-order valence-electron chi connectivity index (χ3n) is 3.66. The molecule has 0 aliphatic carbocycles. The molecule has 0 saturated carbocycles. The fraction of sp³-hybridized carbons (Fsp3) is 0.357. The number of nitrogens with zero attached hydrogens (tertiary/aromatic N) is 1. The van der Waals surface area contributed by atoms with Crippen LogP contribution in [0.15, 0.2) is 27.4 Å². The van der Waals surface area contributed by atoms with Crippen LogP contribution in [0.4, 0.5) is 0 Å². The minimum absolute atomic E-state index is 0.122. The van der Waals surface area contributed by atoms with Crippen molar-refractivity contribution in [3.05, 3.63) is 34.3 Å². The quantitative estimate of drug-likeness (QED) is 0.858. The molecule has 1 aliphatic heterocycles. The number of aromatic amines is 1. The molecule has 2 aromatic rings. The molecule has 1 fully saturated rings. The van der Waals surface area contributed by atoms with Crippen molar-refractivity contribution < 1.29 is 14.0 Å². The third kappa shape index (κ3) is 2.31. The van der Waals surface area contributed by atoms with Gasteiger partial charge >= 0.3 is 5.76 Å². The number of fused-ring (bicyclic) bond motifs is 1. The van der Waals surface area contributed by atoms with Gasteiger partial charge < -0.3 is 14.6 Å². The summed E-state index contributed by atoms with van der Waals surface area (Å²) in [6.07, 6.45) is 0.614. The maximum absolute atomic E-state index is 12.6. The molecule has 1 atom stereocenters. The first-order valence-electron chi connectivity index (χ1n) is 6.81. The zero-order chi connectivity index (χ0) is 15.0. The van der Waals surface area contributed by atoms with Crippen LogP contribution in [0.3, 0.4) is 0 Å². The predicted molar refractivity (Wildman–Crippen MR) is 75.0 cm³/mol. The molecule has 2 heterocycles. The van der Waals surface area contributed by atoms with Crippen LogP contribution >= 0.6 is 0 Å². The number of hydrogen-bond donors (Lipinski definition) is 2. The predicted octanol–water partition coefficient (Wildman–Crippen LogP) is 0.472. The Kier molecular flexibility index (Phi) is 3.25. The van der Waals surface area contributed by atoms with E-state index in [1.807, 2.05) is 6.92 Å². The highest BCUT2D eigenvalue weighted by Crippen LogP contribution is 2.17. The summed E-state index contributed by atoms with van der Waals surface area (Å²) >= 11 is 0. The highest BCUT2D eigenvalue weighted by molar-refractivity contribution is 6.00. The summed E-state index contributed by atoms with van der Waals surface area (Å²) in [5.41, 5.74) is 1.29. The first-order chi connectivity index (χ1) is 10.1. The van der Waals surface area contributed by atoms with E-state index in [9.17, 15) is 14.4 Å². The first kappa shape index (κ1) is 13.4. The van der Waals surface area contributed by atoms with Crippen molar-refractivity contribution in [3.8, 4) is 0 Å². The molecular weight excluding hydrogens is 274 g/mol. The van der Waals surface area contributed by atoms with E-state index in [-0.39, 0.29) is 11.8 Å². The smallest absolute Gasteiger partial charge is 0.408 e. The molecule has 1 aromatic carbocycles.